The molecule has 0 amide bonds. The molecule has 0 atom stereocenters. The molecule has 0 saturated carbocycles. The van der Waals surface area contributed by atoms with Crippen molar-refractivity contribution in [1.82, 2.24) is 9.97 Å². The highest BCUT2D eigenvalue weighted by Gasteiger charge is 2.17. The van der Waals surface area contributed by atoms with E-state index in [2.05, 4.69) is 25.9 Å². The highest BCUT2D eigenvalue weighted by Crippen LogP contribution is 2.24. The number of aromatic amines is 1. The van der Waals surface area contributed by atoms with E-state index in [0.29, 0.717) is 17.8 Å². The molecule has 2 aromatic heterocycles. The van der Waals surface area contributed by atoms with Crippen LogP contribution in [0.15, 0.2) is 16.7 Å². The van der Waals surface area contributed by atoms with Gasteiger partial charge in [-0.15, -0.1) is 0 Å². The van der Waals surface area contributed by atoms with Crippen LogP contribution in [-0.2, 0) is 4.74 Å². The van der Waals surface area contributed by atoms with Crippen molar-refractivity contribution in [2.45, 2.75) is 13.8 Å². The Morgan fingerprint density at radius 2 is 2.38 bits per heavy atom. The predicted octanol–water partition coefficient (Wildman–Crippen LogP) is 2.81. The van der Waals surface area contributed by atoms with Gasteiger partial charge in [0.1, 0.15) is 5.65 Å². The molecule has 2 aromatic rings. The number of carbonyl (C=O) groups is 1. The second-order valence-corrected chi connectivity index (χ2v) is 4.31. The number of pyridine rings is 1. The van der Waals surface area contributed by atoms with Gasteiger partial charge in [-0.25, -0.2) is 9.78 Å². The van der Waals surface area contributed by atoms with Gasteiger partial charge in [-0.3, -0.25) is 0 Å². The van der Waals surface area contributed by atoms with Crippen molar-refractivity contribution >= 4 is 32.9 Å². The van der Waals surface area contributed by atoms with E-state index in [4.69, 9.17) is 4.74 Å². The van der Waals surface area contributed by atoms with Crippen LogP contribution < -0.4 is 0 Å². The fraction of sp³-hybridized carbons (Fsp3) is 0.273. The minimum atomic E-state index is -0.314. The molecule has 0 aliphatic carbocycles. The maximum atomic E-state index is 11.8. The van der Waals surface area contributed by atoms with Gasteiger partial charge in [0.2, 0.25) is 0 Å². The van der Waals surface area contributed by atoms with Gasteiger partial charge in [-0.2, -0.15) is 0 Å². The lowest BCUT2D eigenvalue weighted by molar-refractivity contribution is 0.0528. The average Bonchev–Trinajstić information content (AvgIpc) is 2.53. The smallest absolute Gasteiger partial charge is 0.340 e. The first-order valence-electron chi connectivity index (χ1n) is 4.94. The fourth-order valence-electron chi connectivity index (χ4n) is 1.64. The zero-order chi connectivity index (χ0) is 11.7. The lowest BCUT2D eigenvalue weighted by atomic mass is 10.2. The van der Waals surface area contributed by atoms with E-state index in [1.165, 1.54) is 0 Å². The number of hydrogen-bond donors (Lipinski definition) is 1. The maximum Gasteiger partial charge on any atom is 0.340 e. The van der Waals surface area contributed by atoms with E-state index in [1.54, 1.807) is 13.1 Å². The molecule has 0 aliphatic rings. The number of H-pyrrole nitrogens is 1. The molecule has 0 bridgehead atoms. The summed E-state index contributed by atoms with van der Waals surface area (Å²) in [5.41, 5.74) is 2.04. The summed E-state index contributed by atoms with van der Waals surface area (Å²) in [4.78, 5) is 19.0. The Bertz CT molecular complexity index is 548. The van der Waals surface area contributed by atoms with Crippen molar-refractivity contribution < 1.29 is 9.53 Å². The third-order valence-electron chi connectivity index (χ3n) is 2.28. The van der Waals surface area contributed by atoms with Crippen molar-refractivity contribution in [2.24, 2.45) is 0 Å². The maximum absolute atomic E-state index is 11.8. The molecule has 1 N–H and O–H groups in total. The number of hydrogen-bond acceptors (Lipinski definition) is 3. The average molecular weight is 283 g/mol. The number of nitrogens with zero attached hydrogens (tertiary/aromatic N) is 1. The lowest BCUT2D eigenvalue weighted by Gasteiger charge is -2.01. The van der Waals surface area contributed by atoms with Gasteiger partial charge in [0.15, 0.2) is 0 Å². The van der Waals surface area contributed by atoms with E-state index in [0.717, 1.165) is 15.6 Å². The molecular weight excluding hydrogens is 272 g/mol. The number of esters is 1. The highest BCUT2D eigenvalue weighted by atomic mass is 79.9. The third kappa shape index (κ3) is 1.82. The molecule has 0 aliphatic heterocycles. The molecule has 2 heterocycles. The molecule has 4 nitrogen and oxygen atoms in total. The summed E-state index contributed by atoms with van der Waals surface area (Å²) in [5, 5.41) is 0.783. The van der Waals surface area contributed by atoms with Gasteiger partial charge in [0.25, 0.3) is 0 Å². The van der Waals surface area contributed by atoms with Crippen molar-refractivity contribution in [2.75, 3.05) is 6.61 Å². The topological polar surface area (TPSA) is 55.0 Å². The van der Waals surface area contributed by atoms with E-state index < -0.39 is 0 Å². The predicted molar refractivity (Wildman–Crippen MR) is 64.5 cm³/mol. The first-order valence-corrected chi connectivity index (χ1v) is 5.73. The Morgan fingerprint density at radius 1 is 1.62 bits per heavy atom. The Labute approximate surface area is 101 Å². The number of halogens is 1. The van der Waals surface area contributed by atoms with Gasteiger partial charge in [-0.05, 0) is 35.8 Å². The molecule has 2 rings (SSSR count). The summed E-state index contributed by atoms with van der Waals surface area (Å²) in [5.74, 6) is -0.314. The summed E-state index contributed by atoms with van der Waals surface area (Å²) in [6, 6.07) is 1.86. The van der Waals surface area contributed by atoms with Gasteiger partial charge in [0, 0.05) is 21.7 Å². The lowest BCUT2D eigenvalue weighted by Crippen LogP contribution is -2.05. The Kier molecular flexibility index (Phi) is 2.96. The van der Waals surface area contributed by atoms with Gasteiger partial charge in [-0.1, -0.05) is 0 Å². The van der Waals surface area contributed by atoms with Crippen molar-refractivity contribution in [3.8, 4) is 0 Å². The van der Waals surface area contributed by atoms with Crippen LogP contribution in [0.2, 0.25) is 0 Å². The molecule has 16 heavy (non-hydrogen) atoms. The van der Waals surface area contributed by atoms with Gasteiger partial charge < -0.3 is 9.72 Å². The molecule has 5 heteroatoms. The second kappa shape index (κ2) is 4.25. The van der Waals surface area contributed by atoms with Crippen LogP contribution in [0.4, 0.5) is 0 Å². The molecule has 0 fully saturated rings. The van der Waals surface area contributed by atoms with Crippen LogP contribution in [0, 0.1) is 6.92 Å². The number of aryl methyl sites for hydroxylation is 1. The second-order valence-electron chi connectivity index (χ2n) is 3.40. The summed E-state index contributed by atoms with van der Waals surface area (Å²) in [7, 11) is 0. The molecular formula is C11H11BrN2O2. The Hall–Kier alpha value is -1.36. The van der Waals surface area contributed by atoms with Crippen LogP contribution in [0.3, 0.4) is 0 Å². The summed E-state index contributed by atoms with van der Waals surface area (Å²) in [6.07, 6.45) is 1.69. The van der Waals surface area contributed by atoms with Crippen molar-refractivity contribution in [1.29, 1.82) is 0 Å². The molecule has 84 valence electrons. The minimum absolute atomic E-state index is 0.314. The van der Waals surface area contributed by atoms with E-state index in [9.17, 15) is 4.79 Å². The normalized spacial score (nSPS) is 10.7. The van der Waals surface area contributed by atoms with E-state index in [-0.39, 0.29) is 5.97 Å². The van der Waals surface area contributed by atoms with E-state index >= 15 is 0 Å². The van der Waals surface area contributed by atoms with Crippen molar-refractivity contribution in [3.63, 3.8) is 0 Å². The zero-order valence-corrected chi connectivity index (χ0v) is 10.6. The van der Waals surface area contributed by atoms with Crippen molar-refractivity contribution in [3.05, 3.63) is 28.0 Å². The highest BCUT2D eigenvalue weighted by molar-refractivity contribution is 9.10. The van der Waals surface area contributed by atoms with Crippen LogP contribution in [0.25, 0.3) is 11.0 Å². The number of fused-ring (bicyclic) bond motifs is 1. The number of nitrogens with one attached hydrogen (secondary N) is 1. The first-order chi connectivity index (χ1) is 7.63. The summed E-state index contributed by atoms with van der Waals surface area (Å²) < 4.78 is 5.85. The van der Waals surface area contributed by atoms with Gasteiger partial charge >= 0.3 is 5.97 Å². The number of ether oxygens (including phenoxy) is 1. The molecule has 0 aromatic carbocycles. The summed E-state index contributed by atoms with van der Waals surface area (Å²) >= 11 is 3.34. The quantitative estimate of drug-likeness (QED) is 0.862. The number of carbonyl (C=O) groups excluding carboxylic acids is 1. The first kappa shape index (κ1) is 11.1. The van der Waals surface area contributed by atoms with Crippen LogP contribution >= 0.6 is 15.9 Å². The SMILES string of the molecule is CCOC(=O)c1c(C)[nH]c2ncc(Br)cc12. The number of rotatable bonds is 2. The fourth-order valence-corrected chi connectivity index (χ4v) is 1.97. The van der Waals surface area contributed by atoms with Crippen LogP contribution in [0.5, 0.6) is 0 Å². The largest absolute Gasteiger partial charge is 0.462 e. The molecule has 0 radical (unpaired) electrons. The van der Waals surface area contributed by atoms with Crippen LogP contribution in [-0.4, -0.2) is 22.5 Å². The number of aromatic nitrogens is 2. The summed E-state index contributed by atoms with van der Waals surface area (Å²) in [6.45, 7) is 3.99. The molecule has 0 spiro atoms. The zero-order valence-electron chi connectivity index (χ0n) is 9.00. The Balaban J connectivity index is 2.62. The molecule has 0 unspecified atom stereocenters. The van der Waals surface area contributed by atoms with E-state index in [1.807, 2.05) is 13.0 Å². The monoisotopic (exact) mass is 282 g/mol. The standard InChI is InChI=1S/C11H11BrN2O2/c1-3-16-11(15)9-6(2)14-10-8(9)4-7(12)5-13-10/h4-5H,3H2,1-2H3,(H,13,14). The van der Waals surface area contributed by atoms with Crippen LogP contribution in [0.1, 0.15) is 23.0 Å². The Morgan fingerprint density at radius 3 is 3.06 bits per heavy atom. The minimum Gasteiger partial charge on any atom is -0.462 e. The van der Waals surface area contributed by atoms with Gasteiger partial charge in [0.05, 0.1) is 12.2 Å². The third-order valence-corrected chi connectivity index (χ3v) is 2.72. The molecule has 0 saturated heterocycles.